The number of hydrogen-bond donors (Lipinski definition) is 0. The minimum atomic E-state index is 0.700. The van der Waals surface area contributed by atoms with Crippen molar-refractivity contribution in [3.05, 3.63) is 85.0 Å². The fourth-order valence-electron chi connectivity index (χ4n) is 1.80. The van der Waals surface area contributed by atoms with Crippen molar-refractivity contribution < 1.29 is 4.74 Å². The predicted octanol–water partition coefficient (Wildman–Crippen LogP) is 4.54. The second-order valence-corrected chi connectivity index (χ2v) is 4.21. The Morgan fingerprint density at radius 1 is 0.895 bits per heavy atom. The summed E-state index contributed by atoms with van der Waals surface area (Å²) in [4.78, 5) is 0. The van der Waals surface area contributed by atoms with Gasteiger partial charge in [-0.15, -0.1) is 13.2 Å². The highest BCUT2D eigenvalue weighted by molar-refractivity contribution is 5.35. The van der Waals surface area contributed by atoms with Crippen LogP contribution in [0.5, 0.6) is 11.5 Å². The lowest BCUT2D eigenvalue weighted by atomic mass is 10.1. The minimum Gasteiger partial charge on any atom is -0.456 e. The third-order valence-electron chi connectivity index (χ3n) is 2.66. The summed E-state index contributed by atoms with van der Waals surface area (Å²) in [6.07, 6.45) is 5.39. The molecule has 2 radical (unpaired) electrons. The van der Waals surface area contributed by atoms with Gasteiger partial charge in [0, 0.05) is 12.1 Å². The quantitative estimate of drug-likeness (QED) is 0.682. The van der Waals surface area contributed by atoms with Gasteiger partial charge >= 0.3 is 0 Å². The average Bonchev–Trinajstić information content (AvgIpc) is 2.40. The van der Waals surface area contributed by atoms with E-state index in [0.717, 1.165) is 24.0 Å². The molecule has 94 valence electrons. The molecule has 2 aromatic rings. The molecule has 0 fully saturated rings. The van der Waals surface area contributed by atoms with Crippen LogP contribution in [0.25, 0.3) is 0 Å². The molecular formula is C18H16O. The van der Waals surface area contributed by atoms with E-state index in [2.05, 4.69) is 25.3 Å². The molecule has 0 saturated carbocycles. The van der Waals surface area contributed by atoms with E-state index in [0.29, 0.717) is 11.5 Å². The Labute approximate surface area is 114 Å². The van der Waals surface area contributed by atoms with Crippen LogP contribution in [-0.2, 0) is 12.8 Å². The van der Waals surface area contributed by atoms with Crippen molar-refractivity contribution in [2.45, 2.75) is 12.8 Å². The predicted molar refractivity (Wildman–Crippen MR) is 78.4 cm³/mol. The second kappa shape index (κ2) is 6.60. The molecule has 1 nitrogen and oxygen atoms in total. The Bertz CT molecular complexity index is 518. The largest absolute Gasteiger partial charge is 0.456 e. The van der Waals surface area contributed by atoms with E-state index in [9.17, 15) is 0 Å². The van der Waals surface area contributed by atoms with Gasteiger partial charge in [-0.3, -0.25) is 0 Å². The molecule has 0 unspecified atom stereocenters. The topological polar surface area (TPSA) is 9.23 Å². The number of allylic oxidation sites excluding steroid dienone is 2. The van der Waals surface area contributed by atoms with Crippen molar-refractivity contribution in [1.29, 1.82) is 0 Å². The third-order valence-corrected chi connectivity index (χ3v) is 2.66. The van der Waals surface area contributed by atoms with E-state index in [-0.39, 0.29) is 0 Å². The standard InChI is InChI=1S/C18H16O/c1-3-7-15-9-5-11-17(13-15)19-18-12-6-10-16(14-18)8-4-2/h3-6,9-10,13-14H,1-2,7-8H2. The van der Waals surface area contributed by atoms with Crippen LogP contribution in [0.15, 0.2) is 61.7 Å². The summed E-state index contributed by atoms with van der Waals surface area (Å²) < 4.78 is 5.77. The summed E-state index contributed by atoms with van der Waals surface area (Å²) in [5.41, 5.74) is 2.32. The average molecular weight is 248 g/mol. The van der Waals surface area contributed by atoms with Crippen LogP contribution < -0.4 is 4.74 Å². The molecule has 0 spiro atoms. The molecule has 2 rings (SSSR count). The molecule has 0 amide bonds. The van der Waals surface area contributed by atoms with Crippen LogP contribution in [0.4, 0.5) is 0 Å². The van der Waals surface area contributed by atoms with E-state index in [1.807, 2.05) is 48.6 Å². The molecule has 0 aliphatic rings. The van der Waals surface area contributed by atoms with Gasteiger partial charge in [0.2, 0.25) is 0 Å². The molecule has 0 heterocycles. The first-order valence-electron chi connectivity index (χ1n) is 6.22. The van der Waals surface area contributed by atoms with Gasteiger partial charge in [0.15, 0.2) is 0 Å². The second-order valence-electron chi connectivity index (χ2n) is 4.21. The first kappa shape index (κ1) is 13.2. The Kier molecular flexibility index (Phi) is 4.57. The Balaban J connectivity index is 2.15. The van der Waals surface area contributed by atoms with E-state index >= 15 is 0 Å². The summed E-state index contributed by atoms with van der Waals surface area (Å²) in [6, 6.07) is 17.8. The SMILES string of the molecule is C=CCc1cc[c]c(Oc2[c]ccc(CC=C)c2)c1. The molecular weight excluding hydrogens is 232 g/mol. The van der Waals surface area contributed by atoms with Gasteiger partial charge in [0.05, 0.1) is 0 Å². The Morgan fingerprint density at radius 2 is 1.37 bits per heavy atom. The summed E-state index contributed by atoms with van der Waals surface area (Å²) in [5.74, 6) is 1.40. The number of rotatable bonds is 6. The summed E-state index contributed by atoms with van der Waals surface area (Å²) >= 11 is 0. The van der Waals surface area contributed by atoms with Gasteiger partial charge in [-0.1, -0.05) is 36.4 Å². The zero-order valence-electron chi connectivity index (χ0n) is 10.9. The van der Waals surface area contributed by atoms with Crippen LogP contribution in [0.3, 0.4) is 0 Å². The van der Waals surface area contributed by atoms with Crippen molar-refractivity contribution in [3.8, 4) is 11.5 Å². The molecule has 0 atom stereocenters. The molecule has 1 heteroatoms. The fourth-order valence-corrected chi connectivity index (χ4v) is 1.80. The van der Waals surface area contributed by atoms with Gasteiger partial charge in [0.25, 0.3) is 0 Å². The van der Waals surface area contributed by atoms with Crippen LogP contribution in [0, 0.1) is 12.1 Å². The van der Waals surface area contributed by atoms with Crippen molar-refractivity contribution in [2.75, 3.05) is 0 Å². The lowest BCUT2D eigenvalue weighted by Crippen LogP contribution is -1.89. The highest BCUT2D eigenvalue weighted by atomic mass is 16.5. The van der Waals surface area contributed by atoms with Gasteiger partial charge in [0.1, 0.15) is 11.5 Å². The van der Waals surface area contributed by atoms with Gasteiger partial charge < -0.3 is 4.74 Å². The normalized spacial score (nSPS) is 9.89. The van der Waals surface area contributed by atoms with E-state index in [1.54, 1.807) is 0 Å². The molecule has 0 saturated heterocycles. The molecule has 0 N–H and O–H groups in total. The minimum absolute atomic E-state index is 0.700. The molecule has 0 aliphatic heterocycles. The molecule has 2 aromatic carbocycles. The zero-order chi connectivity index (χ0) is 13.5. The van der Waals surface area contributed by atoms with Crippen LogP contribution in [0.2, 0.25) is 0 Å². The maximum Gasteiger partial charge on any atom is 0.135 e. The molecule has 19 heavy (non-hydrogen) atoms. The van der Waals surface area contributed by atoms with Crippen LogP contribution >= 0.6 is 0 Å². The smallest absolute Gasteiger partial charge is 0.135 e. The monoisotopic (exact) mass is 248 g/mol. The lowest BCUT2D eigenvalue weighted by Gasteiger charge is -2.07. The van der Waals surface area contributed by atoms with Crippen molar-refractivity contribution in [3.63, 3.8) is 0 Å². The molecule has 0 bridgehead atoms. The van der Waals surface area contributed by atoms with Gasteiger partial charge in [-0.25, -0.2) is 0 Å². The summed E-state index contributed by atoms with van der Waals surface area (Å²) in [5, 5.41) is 0. The maximum atomic E-state index is 5.77. The Hall–Kier alpha value is -2.28. The fraction of sp³-hybridized carbons (Fsp3) is 0.111. The number of ether oxygens (including phenoxy) is 1. The zero-order valence-corrected chi connectivity index (χ0v) is 10.9. The van der Waals surface area contributed by atoms with E-state index < -0.39 is 0 Å². The van der Waals surface area contributed by atoms with E-state index in [4.69, 9.17) is 4.74 Å². The van der Waals surface area contributed by atoms with Crippen molar-refractivity contribution in [1.82, 2.24) is 0 Å². The third kappa shape index (κ3) is 3.85. The van der Waals surface area contributed by atoms with Crippen molar-refractivity contribution in [2.24, 2.45) is 0 Å². The lowest BCUT2D eigenvalue weighted by molar-refractivity contribution is 0.479. The molecule has 0 aliphatic carbocycles. The highest BCUT2D eigenvalue weighted by Gasteiger charge is 2.00. The Morgan fingerprint density at radius 3 is 1.79 bits per heavy atom. The van der Waals surface area contributed by atoms with Crippen LogP contribution in [-0.4, -0.2) is 0 Å². The maximum absolute atomic E-state index is 5.77. The first-order valence-corrected chi connectivity index (χ1v) is 6.22. The number of hydrogen-bond acceptors (Lipinski definition) is 1. The molecule has 0 aromatic heterocycles. The van der Waals surface area contributed by atoms with Gasteiger partial charge in [-0.2, -0.15) is 0 Å². The van der Waals surface area contributed by atoms with E-state index in [1.165, 1.54) is 0 Å². The number of benzene rings is 2. The summed E-state index contributed by atoms with van der Waals surface area (Å²) in [7, 11) is 0. The highest BCUT2D eigenvalue weighted by Crippen LogP contribution is 2.22. The van der Waals surface area contributed by atoms with Gasteiger partial charge in [-0.05, 0) is 36.1 Å². The van der Waals surface area contributed by atoms with Crippen LogP contribution in [0.1, 0.15) is 11.1 Å². The first-order chi connectivity index (χ1) is 9.31. The van der Waals surface area contributed by atoms with Crippen molar-refractivity contribution >= 4 is 0 Å². The summed E-state index contributed by atoms with van der Waals surface area (Å²) in [6.45, 7) is 7.47.